The van der Waals surface area contributed by atoms with Crippen molar-refractivity contribution in [3.05, 3.63) is 0 Å². The van der Waals surface area contributed by atoms with Crippen molar-refractivity contribution in [3.8, 4) is 0 Å². The van der Waals surface area contributed by atoms with Crippen molar-refractivity contribution in [2.45, 2.75) is 72.7 Å². The Morgan fingerprint density at radius 3 is 1.33 bits per heavy atom. The molecule has 0 aromatic rings. The standard InChI is InChI=1S/C15H31O3.H2O.O.Ti/c1-9(2)13(16)15(18,12(7)8)14(17,10(3)4)11(5)6;;;/h9-13,17-18H,1-8H3;1H2;;/q-1;;;+2/p-1. The monoisotopic (exact) mass is 340 g/mol. The molecule has 0 saturated heterocycles. The van der Waals surface area contributed by atoms with Crippen LogP contribution in [0.2, 0.25) is 0 Å². The molecule has 0 aliphatic heterocycles. The van der Waals surface area contributed by atoms with Gasteiger partial charge in [0.1, 0.15) is 0 Å². The van der Waals surface area contributed by atoms with Crippen LogP contribution in [0.4, 0.5) is 0 Å². The molecule has 0 saturated carbocycles. The van der Waals surface area contributed by atoms with Crippen molar-refractivity contribution < 1.29 is 39.2 Å². The fraction of sp³-hybridized carbons (Fsp3) is 1.00. The molecule has 21 heavy (non-hydrogen) atoms. The van der Waals surface area contributed by atoms with Crippen LogP contribution in [-0.4, -0.2) is 31.2 Å². The molecule has 0 spiro atoms. The molecular formula is C15H32O5Ti. The van der Waals surface area contributed by atoms with Gasteiger partial charge in [0.05, 0.1) is 0 Å². The second kappa shape index (κ2) is 7.76. The summed E-state index contributed by atoms with van der Waals surface area (Å²) < 4.78 is 25.8. The first-order chi connectivity index (χ1) is 9.33. The molecule has 126 valence electrons. The van der Waals surface area contributed by atoms with Crippen LogP contribution in [0.3, 0.4) is 0 Å². The Labute approximate surface area is 135 Å². The van der Waals surface area contributed by atoms with Gasteiger partial charge in [-0.1, -0.05) is 0 Å². The Morgan fingerprint density at radius 2 is 1.14 bits per heavy atom. The van der Waals surface area contributed by atoms with E-state index in [4.69, 9.17) is 3.32 Å². The van der Waals surface area contributed by atoms with Crippen molar-refractivity contribution >= 4 is 0 Å². The minimum atomic E-state index is -3.85. The van der Waals surface area contributed by atoms with Gasteiger partial charge in [0, 0.05) is 0 Å². The second-order valence-electron chi connectivity index (χ2n) is 7.16. The summed E-state index contributed by atoms with van der Waals surface area (Å²) >= 11 is -3.85. The van der Waals surface area contributed by atoms with Crippen LogP contribution < -0.4 is 0 Å². The molecule has 2 atom stereocenters. The molecular weight excluding hydrogens is 308 g/mol. The predicted molar refractivity (Wildman–Crippen MR) is 77.0 cm³/mol. The maximum atomic E-state index is 11.4. The molecule has 0 aromatic carbocycles. The summed E-state index contributed by atoms with van der Waals surface area (Å²) in [7, 11) is 0. The molecule has 6 heteroatoms. The van der Waals surface area contributed by atoms with E-state index in [0.29, 0.717) is 0 Å². The summed E-state index contributed by atoms with van der Waals surface area (Å²) in [4.78, 5) is 0. The van der Waals surface area contributed by atoms with Crippen LogP contribution in [0.25, 0.3) is 0 Å². The SMILES string of the molecule is CC(C)C([O][Ti](=[O])[OH])C(O)(C(C)C)C(O)(C(C)C)C(C)C. The third-order valence-corrected chi connectivity index (χ3v) is 5.26. The van der Waals surface area contributed by atoms with Crippen molar-refractivity contribution in [2.75, 3.05) is 0 Å². The Morgan fingerprint density at radius 1 is 0.810 bits per heavy atom. The molecule has 0 amide bonds. The molecule has 0 aliphatic rings. The average Bonchev–Trinajstić information content (AvgIpc) is 2.32. The molecule has 0 fully saturated rings. The summed E-state index contributed by atoms with van der Waals surface area (Å²) in [6, 6.07) is 0. The van der Waals surface area contributed by atoms with Crippen molar-refractivity contribution in [2.24, 2.45) is 23.7 Å². The van der Waals surface area contributed by atoms with E-state index in [1.54, 1.807) is 13.8 Å². The summed E-state index contributed by atoms with van der Waals surface area (Å²) in [5.74, 6) is -1.01. The average molecular weight is 340 g/mol. The maximum absolute atomic E-state index is 11.4. The Hall–Kier alpha value is 0.354. The van der Waals surface area contributed by atoms with E-state index in [0.717, 1.165) is 0 Å². The van der Waals surface area contributed by atoms with Gasteiger partial charge < -0.3 is 0 Å². The van der Waals surface area contributed by atoms with Crippen LogP contribution in [-0.2, 0) is 25.3 Å². The molecule has 0 rings (SSSR count). The van der Waals surface area contributed by atoms with Gasteiger partial charge in [-0.2, -0.15) is 0 Å². The number of hydrogen-bond donors (Lipinski definition) is 3. The fourth-order valence-corrected chi connectivity index (χ4v) is 4.50. The van der Waals surface area contributed by atoms with Crippen LogP contribution in [0.5, 0.6) is 0 Å². The van der Waals surface area contributed by atoms with Crippen molar-refractivity contribution in [3.63, 3.8) is 0 Å². The van der Waals surface area contributed by atoms with E-state index in [1.807, 2.05) is 41.5 Å². The summed E-state index contributed by atoms with van der Waals surface area (Å²) in [6.45, 7) is 14.6. The molecule has 0 aromatic heterocycles. The zero-order chi connectivity index (χ0) is 17.2. The first-order valence-corrected chi connectivity index (χ1v) is 9.64. The first kappa shape index (κ1) is 21.4. The molecule has 0 aliphatic carbocycles. The Kier molecular flexibility index (Phi) is 7.89. The summed E-state index contributed by atoms with van der Waals surface area (Å²) in [6.07, 6.45) is -0.898. The van der Waals surface area contributed by atoms with Crippen LogP contribution >= 0.6 is 0 Å². The second-order valence-corrected chi connectivity index (χ2v) is 8.36. The summed E-state index contributed by atoms with van der Waals surface area (Å²) in [5.41, 5.74) is -3.04. The third-order valence-electron chi connectivity index (χ3n) is 4.55. The zero-order valence-corrected chi connectivity index (χ0v) is 16.1. The van der Waals surface area contributed by atoms with Crippen LogP contribution in [0.15, 0.2) is 0 Å². The number of rotatable bonds is 8. The van der Waals surface area contributed by atoms with Crippen molar-refractivity contribution in [1.29, 1.82) is 0 Å². The van der Waals surface area contributed by atoms with Crippen molar-refractivity contribution in [1.82, 2.24) is 0 Å². The van der Waals surface area contributed by atoms with E-state index in [1.165, 1.54) is 0 Å². The van der Waals surface area contributed by atoms with Gasteiger partial charge in [0.2, 0.25) is 0 Å². The first-order valence-electron chi connectivity index (χ1n) is 7.67. The van der Waals surface area contributed by atoms with Crippen LogP contribution in [0.1, 0.15) is 55.4 Å². The predicted octanol–water partition coefficient (Wildman–Crippen LogP) is 2.24. The zero-order valence-electron chi connectivity index (χ0n) is 14.5. The van der Waals surface area contributed by atoms with E-state index in [9.17, 15) is 17.2 Å². The van der Waals surface area contributed by atoms with Gasteiger partial charge in [0.15, 0.2) is 0 Å². The number of aliphatic hydroxyl groups is 2. The van der Waals surface area contributed by atoms with E-state index >= 15 is 0 Å². The molecule has 0 radical (unpaired) electrons. The molecule has 5 nitrogen and oxygen atoms in total. The third kappa shape index (κ3) is 4.01. The van der Waals surface area contributed by atoms with Gasteiger partial charge in [0.25, 0.3) is 0 Å². The van der Waals surface area contributed by atoms with E-state index < -0.39 is 35.9 Å². The minimum absolute atomic E-state index is 0.204. The molecule has 3 N–H and O–H groups in total. The normalized spacial score (nSPS) is 17.7. The fourth-order valence-electron chi connectivity index (χ4n) is 3.45. The Balaban J connectivity index is 6.16. The number of hydrogen-bond acceptors (Lipinski definition) is 4. The Bertz CT molecular complexity index is 346. The van der Waals surface area contributed by atoms with Crippen LogP contribution in [0, 0.1) is 23.7 Å². The van der Waals surface area contributed by atoms with Gasteiger partial charge in [-0.05, 0) is 0 Å². The molecule has 2 unspecified atom stereocenters. The topological polar surface area (TPSA) is 87.0 Å². The van der Waals surface area contributed by atoms with Gasteiger partial charge >= 0.3 is 136 Å². The van der Waals surface area contributed by atoms with Gasteiger partial charge in [-0.25, -0.2) is 0 Å². The molecule has 0 heterocycles. The quantitative estimate of drug-likeness (QED) is 0.590. The van der Waals surface area contributed by atoms with Gasteiger partial charge in [-0.3, -0.25) is 0 Å². The summed E-state index contributed by atoms with van der Waals surface area (Å²) in [5, 5.41) is 22.7. The van der Waals surface area contributed by atoms with Gasteiger partial charge in [-0.15, -0.1) is 0 Å². The van der Waals surface area contributed by atoms with E-state index in [2.05, 4.69) is 0 Å². The van der Waals surface area contributed by atoms with E-state index in [-0.39, 0.29) is 23.7 Å². The molecule has 0 bridgehead atoms.